The Morgan fingerprint density at radius 2 is 1.69 bits per heavy atom. The second kappa shape index (κ2) is 7.27. The van der Waals surface area contributed by atoms with Crippen LogP contribution in [0.3, 0.4) is 0 Å². The predicted octanol–water partition coefficient (Wildman–Crippen LogP) is 3.26. The summed E-state index contributed by atoms with van der Waals surface area (Å²) in [6.45, 7) is 1.95. The lowest BCUT2D eigenvalue weighted by Crippen LogP contribution is -2.24. The van der Waals surface area contributed by atoms with Crippen molar-refractivity contribution in [2.24, 2.45) is 5.14 Å². The predicted molar refractivity (Wildman–Crippen MR) is 114 cm³/mol. The van der Waals surface area contributed by atoms with Gasteiger partial charge in [0.1, 0.15) is 5.82 Å². The highest BCUT2D eigenvalue weighted by Crippen LogP contribution is 2.28. The average molecular weight is 405 g/mol. The number of benzene rings is 3. The molecule has 29 heavy (non-hydrogen) atoms. The van der Waals surface area contributed by atoms with Gasteiger partial charge in [0, 0.05) is 6.42 Å². The van der Waals surface area contributed by atoms with Gasteiger partial charge in [0.05, 0.1) is 21.5 Å². The van der Waals surface area contributed by atoms with Crippen LogP contribution in [-0.2, 0) is 16.4 Å². The Hall–Kier alpha value is -3.29. The minimum atomic E-state index is -3.86. The van der Waals surface area contributed by atoms with Gasteiger partial charge < -0.3 is 0 Å². The Bertz CT molecular complexity index is 1380. The molecule has 0 atom stereocenters. The van der Waals surface area contributed by atoms with Crippen molar-refractivity contribution < 1.29 is 8.42 Å². The molecule has 0 bridgehead atoms. The highest BCUT2D eigenvalue weighted by molar-refractivity contribution is 7.89. The molecule has 0 spiro atoms. The molecule has 0 saturated heterocycles. The summed E-state index contributed by atoms with van der Waals surface area (Å²) in [4.78, 5) is 18.3. The molecule has 3 aromatic carbocycles. The topological polar surface area (TPSA) is 95.1 Å². The number of sulfonamides is 1. The molecule has 6 nitrogen and oxygen atoms in total. The molecule has 0 radical (unpaired) electrons. The summed E-state index contributed by atoms with van der Waals surface area (Å²) in [7, 11) is -3.86. The van der Waals surface area contributed by atoms with Crippen molar-refractivity contribution in [2.75, 3.05) is 0 Å². The molecule has 0 fully saturated rings. The first-order valence-electron chi connectivity index (χ1n) is 9.13. The molecule has 4 rings (SSSR count). The van der Waals surface area contributed by atoms with E-state index in [0.717, 1.165) is 5.69 Å². The molecule has 4 aromatic rings. The zero-order chi connectivity index (χ0) is 20.6. The molecule has 146 valence electrons. The van der Waals surface area contributed by atoms with Crippen LogP contribution >= 0.6 is 0 Å². The van der Waals surface area contributed by atoms with Crippen LogP contribution < -0.4 is 10.7 Å². The second-order valence-electron chi connectivity index (χ2n) is 6.63. The van der Waals surface area contributed by atoms with E-state index in [2.05, 4.69) is 0 Å². The van der Waals surface area contributed by atoms with Gasteiger partial charge in [-0.1, -0.05) is 49.4 Å². The number of rotatable bonds is 4. The fourth-order valence-corrected chi connectivity index (χ4v) is 4.00. The molecule has 0 aliphatic rings. The van der Waals surface area contributed by atoms with Crippen LogP contribution in [0.2, 0.25) is 0 Å². The number of nitrogens with zero attached hydrogens (tertiary/aromatic N) is 2. The van der Waals surface area contributed by atoms with Crippen LogP contribution in [0.1, 0.15) is 12.7 Å². The van der Waals surface area contributed by atoms with E-state index in [0.29, 0.717) is 34.3 Å². The molecule has 1 heterocycles. The summed E-state index contributed by atoms with van der Waals surface area (Å²) in [6, 6.07) is 21.0. The molecule has 0 unspecified atom stereocenters. The molecule has 0 aliphatic heterocycles. The monoisotopic (exact) mass is 405 g/mol. The minimum Gasteiger partial charge on any atom is -0.268 e. The third-order valence-corrected chi connectivity index (χ3v) is 5.68. The van der Waals surface area contributed by atoms with Gasteiger partial charge in [-0.2, -0.15) is 0 Å². The lowest BCUT2D eigenvalue weighted by atomic mass is 10.0. The fraction of sp³-hybridized carbons (Fsp3) is 0.0909. The number of nitrogens with two attached hydrogens (primary N) is 1. The van der Waals surface area contributed by atoms with Crippen molar-refractivity contribution in [3.05, 3.63) is 89.0 Å². The first-order valence-corrected chi connectivity index (χ1v) is 10.7. The van der Waals surface area contributed by atoms with Crippen LogP contribution in [0.25, 0.3) is 27.7 Å². The van der Waals surface area contributed by atoms with E-state index in [1.807, 2.05) is 37.3 Å². The maximum atomic E-state index is 13.6. The third-order valence-electron chi connectivity index (χ3n) is 4.77. The Morgan fingerprint density at radius 1 is 0.966 bits per heavy atom. The van der Waals surface area contributed by atoms with Gasteiger partial charge >= 0.3 is 0 Å². The van der Waals surface area contributed by atoms with Crippen LogP contribution in [0.15, 0.2) is 82.5 Å². The standard InChI is InChI=1S/C22H19N3O3S/c1-2-20-24-19-13-7-12-18(15-8-6-11-17(14-15)29(23,27)28)21(19)22(26)25(20)16-9-4-3-5-10-16/h3-14H,2H2,1H3,(H2,23,27,28). The summed E-state index contributed by atoms with van der Waals surface area (Å²) in [6.07, 6.45) is 0.588. The molecule has 2 N–H and O–H groups in total. The van der Waals surface area contributed by atoms with Crippen molar-refractivity contribution in [3.63, 3.8) is 0 Å². The largest absolute Gasteiger partial charge is 0.268 e. The Kier molecular flexibility index (Phi) is 4.77. The Balaban J connectivity index is 2.07. The number of aromatic nitrogens is 2. The smallest absolute Gasteiger partial charge is 0.266 e. The molecular weight excluding hydrogens is 386 g/mol. The SMILES string of the molecule is CCc1nc2cccc(-c3cccc(S(N)(=O)=O)c3)c2c(=O)n1-c1ccccc1. The lowest BCUT2D eigenvalue weighted by Gasteiger charge is -2.14. The number of hydrogen-bond acceptors (Lipinski definition) is 4. The highest BCUT2D eigenvalue weighted by atomic mass is 32.2. The van der Waals surface area contributed by atoms with Gasteiger partial charge in [-0.05, 0) is 41.5 Å². The number of fused-ring (bicyclic) bond motifs is 1. The van der Waals surface area contributed by atoms with Gasteiger partial charge in [0.25, 0.3) is 5.56 Å². The summed E-state index contributed by atoms with van der Waals surface area (Å²) in [5.41, 5.74) is 2.30. The lowest BCUT2D eigenvalue weighted by molar-refractivity contribution is 0.598. The number of hydrogen-bond donors (Lipinski definition) is 1. The number of aryl methyl sites for hydroxylation is 1. The van der Waals surface area contributed by atoms with E-state index in [9.17, 15) is 13.2 Å². The van der Waals surface area contributed by atoms with Crippen molar-refractivity contribution in [2.45, 2.75) is 18.2 Å². The van der Waals surface area contributed by atoms with Gasteiger partial charge in [-0.3, -0.25) is 9.36 Å². The fourth-order valence-electron chi connectivity index (χ4n) is 3.44. The van der Waals surface area contributed by atoms with Gasteiger partial charge in [0.2, 0.25) is 10.0 Å². The van der Waals surface area contributed by atoms with E-state index >= 15 is 0 Å². The Labute approximate surface area is 168 Å². The van der Waals surface area contributed by atoms with Crippen molar-refractivity contribution >= 4 is 20.9 Å². The first-order chi connectivity index (χ1) is 13.9. The van der Waals surface area contributed by atoms with E-state index in [-0.39, 0.29) is 10.5 Å². The maximum absolute atomic E-state index is 13.6. The third kappa shape index (κ3) is 3.46. The molecule has 0 amide bonds. The van der Waals surface area contributed by atoms with E-state index in [4.69, 9.17) is 10.1 Å². The second-order valence-corrected chi connectivity index (χ2v) is 8.19. The highest BCUT2D eigenvalue weighted by Gasteiger charge is 2.16. The molecule has 0 saturated carbocycles. The molecule has 1 aromatic heterocycles. The summed E-state index contributed by atoms with van der Waals surface area (Å²) in [5.74, 6) is 0.657. The van der Waals surface area contributed by atoms with Gasteiger partial charge in [-0.15, -0.1) is 0 Å². The van der Waals surface area contributed by atoms with Crippen LogP contribution in [0.4, 0.5) is 0 Å². The van der Waals surface area contributed by atoms with Gasteiger partial charge in [0.15, 0.2) is 0 Å². The summed E-state index contributed by atoms with van der Waals surface area (Å²) < 4.78 is 25.1. The normalized spacial score (nSPS) is 11.7. The van der Waals surface area contributed by atoms with E-state index < -0.39 is 10.0 Å². The number of primary sulfonamides is 1. The van der Waals surface area contributed by atoms with Crippen LogP contribution in [-0.4, -0.2) is 18.0 Å². The minimum absolute atomic E-state index is 0.00599. The van der Waals surface area contributed by atoms with Crippen molar-refractivity contribution in [1.29, 1.82) is 0 Å². The van der Waals surface area contributed by atoms with E-state index in [1.54, 1.807) is 34.9 Å². The number of para-hydroxylation sites is 1. The van der Waals surface area contributed by atoms with Crippen molar-refractivity contribution in [3.8, 4) is 16.8 Å². The van der Waals surface area contributed by atoms with Crippen LogP contribution in [0, 0.1) is 0 Å². The average Bonchev–Trinajstić information content (AvgIpc) is 2.73. The summed E-state index contributed by atoms with van der Waals surface area (Å²) in [5, 5.41) is 5.71. The summed E-state index contributed by atoms with van der Waals surface area (Å²) >= 11 is 0. The van der Waals surface area contributed by atoms with Crippen molar-refractivity contribution in [1.82, 2.24) is 9.55 Å². The molecular formula is C22H19N3O3S. The van der Waals surface area contributed by atoms with Crippen LogP contribution in [0.5, 0.6) is 0 Å². The van der Waals surface area contributed by atoms with Gasteiger partial charge in [-0.25, -0.2) is 18.5 Å². The van der Waals surface area contributed by atoms with E-state index in [1.165, 1.54) is 12.1 Å². The zero-order valence-corrected chi connectivity index (χ0v) is 16.6. The maximum Gasteiger partial charge on any atom is 0.266 e. The quantitative estimate of drug-likeness (QED) is 0.564. The Morgan fingerprint density at radius 3 is 2.38 bits per heavy atom. The molecule has 0 aliphatic carbocycles. The first kappa shape index (κ1) is 19.0. The molecule has 7 heteroatoms. The zero-order valence-electron chi connectivity index (χ0n) is 15.7.